The van der Waals surface area contributed by atoms with Crippen molar-refractivity contribution in [1.82, 2.24) is 5.32 Å². The van der Waals surface area contributed by atoms with Crippen LogP contribution in [0.1, 0.15) is 30.4 Å². The van der Waals surface area contributed by atoms with Gasteiger partial charge in [-0.15, -0.1) is 0 Å². The smallest absolute Gasteiger partial charge is 0.407 e. The third-order valence-corrected chi connectivity index (χ3v) is 6.24. The lowest BCUT2D eigenvalue weighted by Gasteiger charge is -2.24. The number of hydrogen-bond acceptors (Lipinski definition) is 4. The average Bonchev–Trinajstić information content (AvgIpc) is 3.19. The zero-order valence-corrected chi connectivity index (χ0v) is 19.5. The molecule has 7 heteroatoms. The van der Waals surface area contributed by atoms with E-state index < -0.39 is 24.5 Å². The topological polar surface area (TPSA) is 95.9 Å². The molecule has 4 rings (SSSR count). The Bertz CT molecular complexity index is 1170. The highest BCUT2D eigenvalue weighted by Crippen LogP contribution is 2.44. The molecule has 0 heterocycles. The van der Waals surface area contributed by atoms with Gasteiger partial charge in [-0.3, -0.25) is 9.59 Å². The highest BCUT2D eigenvalue weighted by Gasteiger charge is 2.29. The number of ether oxygens (including phenoxy) is 1. The molecule has 0 radical (unpaired) electrons. The molecule has 3 aromatic rings. The number of fused-ring (bicyclic) bond motifs is 3. The number of carboxylic acids is 1. The molecule has 35 heavy (non-hydrogen) atoms. The van der Waals surface area contributed by atoms with E-state index in [-0.39, 0.29) is 25.0 Å². The summed E-state index contributed by atoms with van der Waals surface area (Å²) in [6, 6.07) is 25.0. The molecule has 0 saturated carbocycles. The Hall–Kier alpha value is -4.13. The number of para-hydroxylation sites is 1. The number of nitrogens with one attached hydrogen (secondary N) is 1. The zero-order valence-electron chi connectivity index (χ0n) is 19.5. The molecule has 1 atom stereocenters. The number of rotatable bonds is 9. The summed E-state index contributed by atoms with van der Waals surface area (Å²) in [5, 5.41) is 11.9. The second-order valence-corrected chi connectivity index (χ2v) is 8.60. The molecule has 7 nitrogen and oxygen atoms in total. The summed E-state index contributed by atoms with van der Waals surface area (Å²) >= 11 is 0. The summed E-state index contributed by atoms with van der Waals surface area (Å²) in [7, 11) is 0. The standard InChI is InChI=1S/C28H28N2O5/c1-19(27(33)30(17-26(31)32)20-9-3-2-4-10-20)15-16-29-28(34)35-18-25-23-13-7-5-11-21(23)22-12-6-8-14-24(22)25/h2-14,19,25H,15-18H2,1H3,(H,29,34)(H,31,32). The third kappa shape index (κ3) is 5.51. The van der Waals surface area contributed by atoms with Crippen LogP contribution in [0.4, 0.5) is 10.5 Å². The van der Waals surface area contributed by atoms with Gasteiger partial charge in [0.25, 0.3) is 0 Å². The molecule has 0 spiro atoms. The van der Waals surface area contributed by atoms with Gasteiger partial charge < -0.3 is 20.1 Å². The lowest BCUT2D eigenvalue weighted by atomic mass is 9.98. The monoisotopic (exact) mass is 472 g/mol. The van der Waals surface area contributed by atoms with Crippen LogP contribution < -0.4 is 10.2 Å². The van der Waals surface area contributed by atoms with E-state index in [2.05, 4.69) is 29.6 Å². The summed E-state index contributed by atoms with van der Waals surface area (Å²) in [5.74, 6) is -1.91. The van der Waals surface area contributed by atoms with E-state index in [1.807, 2.05) is 24.3 Å². The minimum Gasteiger partial charge on any atom is -0.480 e. The van der Waals surface area contributed by atoms with Crippen LogP contribution in [0.3, 0.4) is 0 Å². The van der Waals surface area contributed by atoms with Gasteiger partial charge in [-0.25, -0.2) is 4.79 Å². The van der Waals surface area contributed by atoms with E-state index in [9.17, 15) is 19.5 Å². The van der Waals surface area contributed by atoms with Crippen molar-refractivity contribution >= 4 is 23.7 Å². The van der Waals surface area contributed by atoms with Crippen LogP contribution in [-0.2, 0) is 14.3 Å². The quantitative estimate of drug-likeness (QED) is 0.472. The number of carbonyl (C=O) groups is 3. The normalized spacial score (nSPS) is 12.8. The molecule has 0 saturated heterocycles. The molecule has 0 aliphatic heterocycles. The fourth-order valence-electron chi connectivity index (χ4n) is 4.47. The maximum absolute atomic E-state index is 12.9. The van der Waals surface area contributed by atoms with Crippen molar-refractivity contribution < 1.29 is 24.2 Å². The number of carbonyl (C=O) groups excluding carboxylic acids is 2. The van der Waals surface area contributed by atoms with Gasteiger partial charge in [-0.1, -0.05) is 73.7 Å². The molecule has 1 unspecified atom stereocenters. The SMILES string of the molecule is CC(CCNC(=O)OCC1c2ccccc2-c2ccccc21)C(=O)N(CC(=O)O)c1ccccc1. The van der Waals surface area contributed by atoms with Gasteiger partial charge in [0.2, 0.25) is 5.91 Å². The molecule has 0 bridgehead atoms. The van der Waals surface area contributed by atoms with Gasteiger partial charge >= 0.3 is 12.1 Å². The average molecular weight is 473 g/mol. The first-order chi connectivity index (χ1) is 17.0. The van der Waals surface area contributed by atoms with E-state index in [0.29, 0.717) is 12.1 Å². The molecular weight excluding hydrogens is 444 g/mol. The van der Waals surface area contributed by atoms with E-state index in [1.165, 1.54) is 4.90 Å². The molecule has 2 N–H and O–H groups in total. The van der Waals surface area contributed by atoms with Crippen molar-refractivity contribution in [1.29, 1.82) is 0 Å². The van der Waals surface area contributed by atoms with Crippen LogP contribution in [0.15, 0.2) is 78.9 Å². The van der Waals surface area contributed by atoms with Crippen LogP contribution in [-0.4, -0.2) is 42.8 Å². The van der Waals surface area contributed by atoms with Crippen molar-refractivity contribution in [2.75, 3.05) is 24.6 Å². The van der Waals surface area contributed by atoms with Gasteiger partial charge in [-0.05, 0) is 40.8 Å². The first kappa shape index (κ1) is 24.0. The largest absolute Gasteiger partial charge is 0.480 e. The van der Waals surface area contributed by atoms with E-state index in [0.717, 1.165) is 22.3 Å². The number of alkyl carbamates (subject to hydrolysis) is 1. The molecule has 180 valence electrons. The summed E-state index contributed by atoms with van der Waals surface area (Å²) < 4.78 is 5.53. The Balaban J connectivity index is 1.29. The molecule has 1 aliphatic rings. The fraction of sp³-hybridized carbons (Fsp3) is 0.250. The molecule has 0 fully saturated rings. The Labute approximate surface area is 204 Å². The van der Waals surface area contributed by atoms with Gasteiger partial charge in [0, 0.05) is 24.1 Å². The summed E-state index contributed by atoms with van der Waals surface area (Å²) in [6.45, 7) is 1.75. The molecule has 0 aromatic heterocycles. The number of carboxylic acid groups (broad SMARTS) is 1. The molecule has 2 amide bonds. The molecule has 1 aliphatic carbocycles. The second-order valence-electron chi connectivity index (χ2n) is 8.60. The van der Waals surface area contributed by atoms with Crippen LogP contribution in [0.5, 0.6) is 0 Å². The minimum atomic E-state index is -1.09. The molecule has 3 aromatic carbocycles. The van der Waals surface area contributed by atoms with E-state index in [1.54, 1.807) is 37.3 Å². The maximum Gasteiger partial charge on any atom is 0.407 e. The number of benzene rings is 3. The number of anilines is 1. The number of aliphatic carboxylic acids is 1. The van der Waals surface area contributed by atoms with Gasteiger partial charge in [0.15, 0.2) is 0 Å². The van der Waals surface area contributed by atoms with Gasteiger partial charge in [0.1, 0.15) is 13.2 Å². The first-order valence-corrected chi connectivity index (χ1v) is 11.6. The summed E-state index contributed by atoms with van der Waals surface area (Å²) in [5.41, 5.74) is 5.12. The Morgan fingerprint density at radius 3 is 2.09 bits per heavy atom. The number of nitrogens with zero attached hydrogens (tertiary/aromatic N) is 1. The highest BCUT2D eigenvalue weighted by molar-refractivity contribution is 5.98. The highest BCUT2D eigenvalue weighted by atomic mass is 16.5. The summed E-state index contributed by atoms with van der Waals surface area (Å²) in [4.78, 5) is 37.8. The van der Waals surface area contributed by atoms with E-state index in [4.69, 9.17) is 4.74 Å². The maximum atomic E-state index is 12.9. The first-order valence-electron chi connectivity index (χ1n) is 11.6. The van der Waals surface area contributed by atoms with Crippen LogP contribution in [0, 0.1) is 5.92 Å². The summed E-state index contributed by atoms with van der Waals surface area (Å²) in [6.07, 6.45) is -0.191. The number of hydrogen-bond donors (Lipinski definition) is 2. The van der Waals surface area contributed by atoms with Gasteiger partial charge in [0.05, 0.1) is 0 Å². The predicted octanol–water partition coefficient (Wildman–Crippen LogP) is 4.67. The predicted molar refractivity (Wildman–Crippen MR) is 133 cm³/mol. The van der Waals surface area contributed by atoms with Crippen LogP contribution >= 0.6 is 0 Å². The van der Waals surface area contributed by atoms with Crippen molar-refractivity contribution in [3.8, 4) is 11.1 Å². The minimum absolute atomic E-state index is 0.0240. The van der Waals surface area contributed by atoms with Crippen molar-refractivity contribution in [2.24, 2.45) is 5.92 Å². The van der Waals surface area contributed by atoms with Crippen LogP contribution in [0.2, 0.25) is 0 Å². The lowest BCUT2D eigenvalue weighted by molar-refractivity contribution is -0.137. The van der Waals surface area contributed by atoms with E-state index >= 15 is 0 Å². The molecular formula is C28H28N2O5. The van der Waals surface area contributed by atoms with Crippen molar-refractivity contribution in [2.45, 2.75) is 19.3 Å². The van der Waals surface area contributed by atoms with Gasteiger partial charge in [-0.2, -0.15) is 0 Å². The Morgan fingerprint density at radius 2 is 1.49 bits per heavy atom. The third-order valence-electron chi connectivity index (χ3n) is 6.24. The van der Waals surface area contributed by atoms with Crippen LogP contribution in [0.25, 0.3) is 11.1 Å². The fourth-order valence-corrected chi connectivity index (χ4v) is 4.47. The second kappa shape index (κ2) is 10.9. The Kier molecular flexibility index (Phi) is 7.45. The zero-order chi connectivity index (χ0) is 24.8. The van der Waals surface area contributed by atoms with Crippen molar-refractivity contribution in [3.63, 3.8) is 0 Å². The van der Waals surface area contributed by atoms with Crippen molar-refractivity contribution in [3.05, 3.63) is 90.0 Å². The number of amides is 2. The Morgan fingerprint density at radius 1 is 0.914 bits per heavy atom. The lowest BCUT2D eigenvalue weighted by Crippen LogP contribution is -2.40.